The first-order valence-electron chi connectivity index (χ1n) is 7.08. The van der Waals surface area contributed by atoms with Gasteiger partial charge in [0.1, 0.15) is 5.82 Å². The lowest BCUT2D eigenvalue weighted by Gasteiger charge is -2.18. The second-order valence-electron chi connectivity index (χ2n) is 5.21. The lowest BCUT2D eigenvalue weighted by Crippen LogP contribution is -2.27. The zero-order chi connectivity index (χ0) is 12.2. The Balaban J connectivity index is 1.61. The molecule has 0 bridgehead atoms. The Morgan fingerprint density at radius 1 is 1.06 bits per heavy atom. The van der Waals surface area contributed by atoms with E-state index in [-0.39, 0.29) is 0 Å². The molecule has 1 aromatic heterocycles. The van der Waals surface area contributed by atoms with Crippen LogP contribution in [0, 0.1) is 0 Å². The highest BCUT2D eigenvalue weighted by molar-refractivity contribution is 5.74. The second kappa shape index (κ2) is 5.53. The molecule has 0 spiro atoms. The zero-order valence-electron chi connectivity index (χ0n) is 10.9. The molecule has 3 rings (SSSR count). The van der Waals surface area contributed by atoms with Crippen molar-refractivity contribution in [2.45, 2.75) is 32.1 Å². The van der Waals surface area contributed by atoms with Crippen molar-refractivity contribution in [3.63, 3.8) is 0 Å². The lowest BCUT2D eigenvalue weighted by atomic mass is 10.2. The lowest BCUT2D eigenvalue weighted by molar-refractivity contribution is 0.287. The number of H-pyrrole nitrogens is 1. The maximum atomic E-state index is 4.64. The number of hydrogen-bond acceptors (Lipinski definition) is 2. The fourth-order valence-corrected chi connectivity index (χ4v) is 2.75. The molecule has 1 fully saturated rings. The van der Waals surface area contributed by atoms with Crippen LogP contribution < -0.4 is 0 Å². The Morgan fingerprint density at radius 2 is 1.83 bits per heavy atom. The van der Waals surface area contributed by atoms with E-state index in [9.17, 15) is 0 Å². The molecule has 1 N–H and O–H groups in total. The molecule has 0 saturated carbocycles. The van der Waals surface area contributed by atoms with Gasteiger partial charge < -0.3 is 9.88 Å². The molecule has 0 aliphatic carbocycles. The Hall–Kier alpha value is -1.35. The van der Waals surface area contributed by atoms with Crippen LogP contribution in [-0.4, -0.2) is 34.5 Å². The van der Waals surface area contributed by atoms with E-state index in [2.05, 4.69) is 33.1 Å². The zero-order valence-corrected chi connectivity index (χ0v) is 10.9. The van der Waals surface area contributed by atoms with Gasteiger partial charge in [-0.05, 0) is 38.1 Å². The third-order valence-corrected chi connectivity index (χ3v) is 3.80. The summed E-state index contributed by atoms with van der Waals surface area (Å²) in [5.41, 5.74) is 2.24. The molecule has 1 saturated heterocycles. The minimum atomic E-state index is 1.04. The summed E-state index contributed by atoms with van der Waals surface area (Å²) >= 11 is 0. The van der Waals surface area contributed by atoms with E-state index in [0.717, 1.165) is 29.8 Å². The first kappa shape index (κ1) is 11.7. The first-order valence-corrected chi connectivity index (χ1v) is 7.08. The van der Waals surface area contributed by atoms with Crippen molar-refractivity contribution >= 4 is 11.0 Å². The molecule has 0 unspecified atom stereocenters. The van der Waals surface area contributed by atoms with E-state index in [1.165, 1.54) is 38.8 Å². The van der Waals surface area contributed by atoms with Gasteiger partial charge in [-0.15, -0.1) is 0 Å². The van der Waals surface area contributed by atoms with Gasteiger partial charge in [0.15, 0.2) is 0 Å². The average Bonchev–Trinajstić information content (AvgIpc) is 2.63. The van der Waals surface area contributed by atoms with Crippen molar-refractivity contribution in [3.05, 3.63) is 30.1 Å². The molecule has 3 heteroatoms. The number of likely N-dealkylation sites (tertiary alicyclic amines) is 1. The van der Waals surface area contributed by atoms with Crippen LogP contribution in [0.4, 0.5) is 0 Å². The van der Waals surface area contributed by atoms with Crippen LogP contribution in [0.15, 0.2) is 24.3 Å². The predicted octanol–water partition coefficient (Wildman–Crippen LogP) is 2.98. The average molecular weight is 243 g/mol. The standard InChI is InChI=1S/C15H21N3/c1-2-6-11-18(10-5-1)12-9-15-16-13-7-3-4-8-14(13)17-15/h3-4,7-8H,1-2,5-6,9-12H2,(H,16,17). The third kappa shape index (κ3) is 2.72. The van der Waals surface area contributed by atoms with E-state index < -0.39 is 0 Å². The third-order valence-electron chi connectivity index (χ3n) is 3.80. The van der Waals surface area contributed by atoms with Crippen LogP contribution in [0.2, 0.25) is 0 Å². The van der Waals surface area contributed by atoms with Gasteiger partial charge in [-0.1, -0.05) is 25.0 Å². The highest BCUT2D eigenvalue weighted by Crippen LogP contribution is 2.13. The summed E-state index contributed by atoms with van der Waals surface area (Å²) in [6.07, 6.45) is 6.57. The van der Waals surface area contributed by atoms with Crippen molar-refractivity contribution in [3.8, 4) is 0 Å². The van der Waals surface area contributed by atoms with Gasteiger partial charge in [0.2, 0.25) is 0 Å². The van der Waals surface area contributed by atoms with Crippen LogP contribution in [0.3, 0.4) is 0 Å². The van der Waals surface area contributed by atoms with E-state index in [1.54, 1.807) is 0 Å². The molecule has 0 radical (unpaired) electrons. The summed E-state index contributed by atoms with van der Waals surface area (Å²) in [5, 5.41) is 0. The van der Waals surface area contributed by atoms with Gasteiger partial charge in [0.05, 0.1) is 11.0 Å². The predicted molar refractivity (Wildman–Crippen MR) is 74.7 cm³/mol. The Kier molecular flexibility index (Phi) is 3.60. The number of hydrogen-bond donors (Lipinski definition) is 1. The largest absolute Gasteiger partial charge is 0.342 e. The summed E-state index contributed by atoms with van der Waals surface area (Å²) in [6.45, 7) is 3.67. The molecular weight excluding hydrogens is 222 g/mol. The van der Waals surface area contributed by atoms with Crippen molar-refractivity contribution in [2.75, 3.05) is 19.6 Å². The van der Waals surface area contributed by atoms with Gasteiger partial charge in [-0.2, -0.15) is 0 Å². The van der Waals surface area contributed by atoms with Crippen molar-refractivity contribution in [1.82, 2.24) is 14.9 Å². The van der Waals surface area contributed by atoms with Crippen molar-refractivity contribution in [2.24, 2.45) is 0 Å². The molecule has 0 amide bonds. The smallest absolute Gasteiger partial charge is 0.108 e. The minimum absolute atomic E-state index is 1.04. The number of benzene rings is 1. The molecule has 18 heavy (non-hydrogen) atoms. The number of rotatable bonds is 3. The summed E-state index contributed by atoms with van der Waals surface area (Å²) in [4.78, 5) is 10.6. The molecule has 3 nitrogen and oxygen atoms in total. The number of aromatic nitrogens is 2. The molecule has 1 aromatic carbocycles. The van der Waals surface area contributed by atoms with Crippen LogP contribution >= 0.6 is 0 Å². The molecule has 2 aromatic rings. The topological polar surface area (TPSA) is 31.9 Å². The molecular formula is C15H21N3. The molecule has 2 heterocycles. The summed E-state index contributed by atoms with van der Waals surface area (Å²) in [6, 6.07) is 8.26. The van der Waals surface area contributed by atoms with Gasteiger partial charge in [-0.25, -0.2) is 4.98 Å². The number of imidazole rings is 1. The molecule has 0 atom stereocenters. The highest BCUT2D eigenvalue weighted by Gasteiger charge is 2.10. The van der Waals surface area contributed by atoms with Crippen LogP contribution in [0.5, 0.6) is 0 Å². The number of para-hydroxylation sites is 2. The van der Waals surface area contributed by atoms with E-state index in [4.69, 9.17) is 0 Å². The van der Waals surface area contributed by atoms with Gasteiger partial charge in [0, 0.05) is 13.0 Å². The van der Waals surface area contributed by atoms with Crippen LogP contribution in [0.25, 0.3) is 11.0 Å². The van der Waals surface area contributed by atoms with E-state index >= 15 is 0 Å². The second-order valence-corrected chi connectivity index (χ2v) is 5.21. The Bertz CT molecular complexity index is 462. The first-order chi connectivity index (χ1) is 8.92. The minimum Gasteiger partial charge on any atom is -0.342 e. The van der Waals surface area contributed by atoms with Gasteiger partial charge >= 0.3 is 0 Å². The fraction of sp³-hybridized carbons (Fsp3) is 0.533. The van der Waals surface area contributed by atoms with Crippen molar-refractivity contribution < 1.29 is 0 Å². The SMILES string of the molecule is c1ccc2[nH]c(CCN3CCCCCC3)nc2c1. The fourth-order valence-electron chi connectivity index (χ4n) is 2.75. The number of fused-ring (bicyclic) bond motifs is 1. The quantitative estimate of drug-likeness (QED) is 0.898. The molecule has 1 aliphatic rings. The maximum absolute atomic E-state index is 4.64. The molecule has 1 aliphatic heterocycles. The molecule has 96 valence electrons. The summed E-state index contributed by atoms with van der Waals surface area (Å²) in [7, 11) is 0. The Morgan fingerprint density at radius 3 is 2.61 bits per heavy atom. The monoisotopic (exact) mass is 243 g/mol. The summed E-state index contributed by atoms with van der Waals surface area (Å²) < 4.78 is 0. The summed E-state index contributed by atoms with van der Waals surface area (Å²) in [5.74, 6) is 1.13. The Labute approximate surface area is 108 Å². The number of aromatic amines is 1. The van der Waals surface area contributed by atoms with Crippen molar-refractivity contribution in [1.29, 1.82) is 0 Å². The normalized spacial score (nSPS) is 18.0. The highest BCUT2D eigenvalue weighted by atomic mass is 15.1. The van der Waals surface area contributed by atoms with Crippen LogP contribution in [0.1, 0.15) is 31.5 Å². The van der Waals surface area contributed by atoms with Gasteiger partial charge in [0.25, 0.3) is 0 Å². The number of nitrogens with zero attached hydrogens (tertiary/aromatic N) is 2. The van der Waals surface area contributed by atoms with E-state index in [0.29, 0.717) is 0 Å². The van der Waals surface area contributed by atoms with Crippen LogP contribution in [-0.2, 0) is 6.42 Å². The van der Waals surface area contributed by atoms with Gasteiger partial charge in [-0.3, -0.25) is 0 Å². The van der Waals surface area contributed by atoms with E-state index in [1.807, 2.05) is 6.07 Å². The maximum Gasteiger partial charge on any atom is 0.108 e. The number of nitrogens with one attached hydrogen (secondary N) is 1.